The number of hydrogen-bond donors (Lipinski definition) is 0. The zero-order valence-electron chi connectivity index (χ0n) is 8.65. The average molecular weight is 170 g/mol. The molecule has 0 unspecified atom stereocenters. The molecule has 0 atom stereocenters. The average Bonchev–Trinajstić information content (AvgIpc) is 2.13. The fraction of sp³-hybridized carbons (Fsp3) is 0.667. The van der Waals surface area contributed by atoms with Crippen molar-refractivity contribution in [1.29, 1.82) is 0 Å². The lowest BCUT2D eigenvalue weighted by Crippen LogP contribution is -1.78. The SMILES string of the molecule is C.CC.CC.CC1=CC=CCC1. The van der Waals surface area contributed by atoms with E-state index in [2.05, 4.69) is 25.2 Å². The zero-order chi connectivity index (χ0) is 9.11. The van der Waals surface area contributed by atoms with Gasteiger partial charge in [-0.3, -0.25) is 0 Å². The number of allylic oxidation sites excluding steroid dienone is 4. The molecule has 1 aliphatic rings. The summed E-state index contributed by atoms with van der Waals surface area (Å²) in [5.41, 5.74) is 1.50. The van der Waals surface area contributed by atoms with Crippen molar-refractivity contribution in [3.05, 3.63) is 23.8 Å². The summed E-state index contributed by atoms with van der Waals surface area (Å²) in [5, 5.41) is 0. The first-order valence-electron chi connectivity index (χ1n) is 4.72. The van der Waals surface area contributed by atoms with E-state index in [9.17, 15) is 0 Å². The Morgan fingerprint density at radius 1 is 1.08 bits per heavy atom. The summed E-state index contributed by atoms with van der Waals surface area (Å²) in [7, 11) is 0. The molecule has 0 aromatic heterocycles. The minimum atomic E-state index is 0. The van der Waals surface area contributed by atoms with E-state index in [0.717, 1.165) is 0 Å². The summed E-state index contributed by atoms with van der Waals surface area (Å²) in [5.74, 6) is 0. The molecular formula is C12H26. The molecule has 0 spiro atoms. The molecule has 74 valence electrons. The third-order valence-electron chi connectivity index (χ3n) is 1.22. The maximum absolute atomic E-state index is 2.20. The first-order valence-corrected chi connectivity index (χ1v) is 4.72. The van der Waals surface area contributed by atoms with Gasteiger partial charge < -0.3 is 0 Å². The molecule has 0 amide bonds. The Balaban J connectivity index is -0.000000144. The van der Waals surface area contributed by atoms with E-state index in [1.165, 1.54) is 18.4 Å². The Kier molecular flexibility index (Phi) is 24.6. The van der Waals surface area contributed by atoms with E-state index < -0.39 is 0 Å². The van der Waals surface area contributed by atoms with Gasteiger partial charge in [-0.2, -0.15) is 0 Å². The van der Waals surface area contributed by atoms with Crippen molar-refractivity contribution >= 4 is 0 Å². The molecule has 1 aliphatic carbocycles. The third kappa shape index (κ3) is 12.2. The molecule has 0 nitrogen and oxygen atoms in total. The standard InChI is InChI=1S/C7H10.2C2H6.CH4/c1-7-5-3-2-4-6-7;2*1-2;/h2-3,5H,4,6H2,1H3;2*1-2H3;1H4. The second-order valence-electron chi connectivity index (χ2n) is 1.98. The summed E-state index contributed by atoms with van der Waals surface area (Å²) in [6.07, 6.45) is 8.99. The van der Waals surface area contributed by atoms with Gasteiger partial charge in [-0.1, -0.05) is 58.9 Å². The smallest absolute Gasteiger partial charge is 0.0285 e. The van der Waals surface area contributed by atoms with Crippen molar-refractivity contribution in [3.8, 4) is 0 Å². The van der Waals surface area contributed by atoms with Crippen LogP contribution < -0.4 is 0 Å². The molecular weight excluding hydrogens is 144 g/mol. The van der Waals surface area contributed by atoms with Crippen LogP contribution in [0.3, 0.4) is 0 Å². The Bertz CT molecular complexity index is 107. The monoisotopic (exact) mass is 170 g/mol. The van der Waals surface area contributed by atoms with Crippen LogP contribution in [-0.2, 0) is 0 Å². The van der Waals surface area contributed by atoms with E-state index in [4.69, 9.17) is 0 Å². The van der Waals surface area contributed by atoms with Crippen LogP contribution in [0.25, 0.3) is 0 Å². The normalized spacial score (nSPS) is 12.2. The lowest BCUT2D eigenvalue weighted by atomic mass is 10.1. The molecule has 0 fully saturated rings. The molecule has 0 bridgehead atoms. The van der Waals surface area contributed by atoms with Gasteiger partial charge in [-0.05, 0) is 19.8 Å². The summed E-state index contributed by atoms with van der Waals surface area (Å²) >= 11 is 0. The number of hydrogen-bond acceptors (Lipinski definition) is 0. The molecule has 0 aliphatic heterocycles. The molecule has 0 saturated heterocycles. The van der Waals surface area contributed by atoms with Gasteiger partial charge >= 0.3 is 0 Å². The molecule has 0 N–H and O–H groups in total. The summed E-state index contributed by atoms with van der Waals surface area (Å²) in [6.45, 7) is 10.2. The Morgan fingerprint density at radius 2 is 1.58 bits per heavy atom. The second kappa shape index (κ2) is 16.8. The summed E-state index contributed by atoms with van der Waals surface area (Å²) < 4.78 is 0. The molecule has 0 saturated carbocycles. The van der Waals surface area contributed by atoms with Gasteiger partial charge in [0.1, 0.15) is 0 Å². The fourth-order valence-corrected chi connectivity index (χ4v) is 0.723. The van der Waals surface area contributed by atoms with Gasteiger partial charge in [0.15, 0.2) is 0 Å². The van der Waals surface area contributed by atoms with Crippen LogP contribution >= 0.6 is 0 Å². The highest BCUT2D eigenvalue weighted by Crippen LogP contribution is 2.08. The predicted molar refractivity (Wildman–Crippen MR) is 61.6 cm³/mol. The maximum Gasteiger partial charge on any atom is -0.0285 e. The van der Waals surface area contributed by atoms with E-state index in [0.29, 0.717) is 0 Å². The van der Waals surface area contributed by atoms with Crippen LogP contribution in [0.15, 0.2) is 23.8 Å². The highest BCUT2D eigenvalue weighted by Gasteiger charge is 1.88. The highest BCUT2D eigenvalue weighted by atomic mass is 13.9. The fourth-order valence-electron chi connectivity index (χ4n) is 0.723. The lowest BCUT2D eigenvalue weighted by Gasteiger charge is -1.98. The van der Waals surface area contributed by atoms with Crippen LogP contribution in [-0.4, -0.2) is 0 Å². The minimum absolute atomic E-state index is 0. The van der Waals surface area contributed by atoms with Crippen LogP contribution in [0.5, 0.6) is 0 Å². The first-order chi connectivity index (χ1) is 5.39. The number of rotatable bonds is 0. The van der Waals surface area contributed by atoms with Crippen LogP contribution in [0.2, 0.25) is 0 Å². The first kappa shape index (κ1) is 17.5. The van der Waals surface area contributed by atoms with Gasteiger partial charge in [-0.25, -0.2) is 0 Å². The van der Waals surface area contributed by atoms with E-state index in [-0.39, 0.29) is 7.43 Å². The van der Waals surface area contributed by atoms with Crippen LogP contribution in [0.1, 0.15) is 54.9 Å². The van der Waals surface area contributed by atoms with Crippen molar-refractivity contribution in [1.82, 2.24) is 0 Å². The van der Waals surface area contributed by atoms with Crippen LogP contribution in [0, 0.1) is 0 Å². The van der Waals surface area contributed by atoms with Crippen LogP contribution in [0.4, 0.5) is 0 Å². The Labute approximate surface area is 79.4 Å². The zero-order valence-corrected chi connectivity index (χ0v) is 8.65. The van der Waals surface area contributed by atoms with Gasteiger partial charge in [0.25, 0.3) is 0 Å². The largest absolute Gasteiger partial charge is 0.0842 e. The summed E-state index contributed by atoms with van der Waals surface area (Å²) in [6, 6.07) is 0. The topological polar surface area (TPSA) is 0 Å². The molecule has 1 rings (SSSR count). The predicted octanol–water partition coefficient (Wildman–Crippen LogP) is 4.97. The van der Waals surface area contributed by atoms with Crippen molar-refractivity contribution < 1.29 is 0 Å². The van der Waals surface area contributed by atoms with Gasteiger partial charge in [-0.15, -0.1) is 0 Å². The lowest BCUT2D eigenvalue weighted by molar-refractivity contribution is 0.962. The molecule has 0 aromatic rings. The van der Waals surface area contributed by atoms with E-state index >= 15 is 0 Å². The summed E-state index contributed by atoms with van der Waals surface area (Å²) in [4.78, 5) is 0. The maximum atomic E-state index is 2.20. The van der Waals surface area contributed by atoms with E-state index in [1.807, 2.05) is 27.7 Å². The molecule has 0 radical (unpaired) electrons. The quantitative estimate of drug-likeness (QED) is 0.481. The minimum Gasteiger partial charge on any atom is -0.0842 e. The van der Waals surface area contributed by atoms with Crippen molar-refractivity contribution in [2.24, 2.45) is 0 Å². The second-order valence-corrected chi connectivity index (χ2v) is 1.98. The van der Waals surface area contributed by atoms with Crippen molar-refractivity contribution in [3.63, 3.8) is 0 Å². The van der Waals surface area contributed by atoms with Crippen molar-refractivity contribution in [2.75, 3.05) is 0 Å². The van der Waals surface area contributed by atoms with Gasteiger partial charge in [0, 0.05) is 0 Å². The molecule has 0 heterocycles. The molecule has 0 heteroatoms. The Hall–Kier alpha value is -0.520. The van der Waals surface area contributed by atoms with E-state index in [1.54, 1.807) is 0 Å². The van der Waals surface area contributed by atoms with Gasteiger partial charge in [0.2, 0.25) is 0 Å². The molecule has 0 aromatic carbocycles. The van der Waals surface area contributed by atoms with Gasteiger partial charge in [0.05, 0.1) is 0 Å². The third-order valence-corrected chi connectivity index (χ3v) is 1.22. The highest BCUT2D eigenvalue weighted by molar-refractivity contribution is 5.15. The Morgan fingerprint density at radius 3 is 1.75 bits per heavy atom. The van der Waals surface area contributed by atoms with Crippen molar-refractivity contribution in [2.45, 2.75) is 54.9 Å². The molecule has 12 heavy (non-hydrogen) atoms.